The van der Waals surface area contributed by atoms with Crippen molar-refractivity contribution in [1.29, 1.82) is 0 Å². The zero-order chi connectivity index (χ0) is 18.9. The van der Waals surface area contributed by atoms with E-state index < -0.39 is 6.09 Å². The lowest BCUT2D eigenvalue weighted by Crippen LogP contribution is -2.45. The third-order valence-corrected chi connectivity index (χ3v) is 4.87. The van der Waals surface area contributed by atoms with E-state index in [1.807, 2.05) is 41.4 Å². The monoisotopic (exact) mass is 353 g/mol. The van der Waals surface area contributed by atoms with Gasteiger partial charge in [0, 0.05) is 18.5 Å². The molecule has 0 bridgehead atoms. The molecule has 2 aromatic rings. The predicted molar refractivity (Wildman–Crippen MR) is 106 cm³/mol. The molecule has 0 aromatic heterocycles. The van der Waals surface area contributed by atoms with Crippen LogP contribution in [0.3, 0.4) is 0 Å². The van der Waals surface area contributed by atoms with E-state index in [0.717, 1.165) is 24.2 Å². The summed E-state index contributed by atoms with van der Waals surface area (Å²) in [5, 5.41) is 13.2. The third-order valence-electron chi connectivity index (χ3n) is 4.87. The highest BCUT2D eigenvalue weighted by atomic mass is 16.4. The molecule has 138 valence electrons. The largest absolute Gasteiger partial charge is 0.463 e. The van der Waals surface area contributed by atoms with Crippen LogP contribution in [-0.2, 0) is 11.8 Å². The number of carboxylic acid groups (broad SMARTS) is 1. The summed E-state index contributed by atoms with van der Waals surface area (Å²) in [4.78, 5) is 14.3. The Bertz CT molecular complexity index is 801. The lowest BCUT2D eigenvalue weighted by Gasteiger charge is -2.33. The highest BCUT2D eigenvalue weighted by Gasteiger charge is 2.30. The van der Waals surface area contributed by atoms with Crippen molar-refractivity contribution < 1.29 is 9.90 Å². The summed E-state index contributed by atoms with van der Waals surface area (Å²) in [6, 6.07) is 15.9. The van der Waals surface area contributed by atoms with Gasteiger partial charge in [-0.15, -0.1) is 0 Å². The number of fused-ring (bicyclic) bond motifs is 1. The van der Waals surface area contributed by atoms with Crippen molar-refractivity contribution in [3.63, 3.8) is 0 Å². The maximum atomic E-state index is 12.1. The number of likely N-dealkylation sites (N-methyl/N-ethyl adjacent to an activating group) is 1. The summed E-state index contributed by atoms with van der Waals surface area (Å²) in [6.07, 6.45) is -0.115. The topological polar surface area (TPSA) is 47.0 Å². The molecule has 1 aliphatic rings. The van der Waals surface area contributed by atoms with Crippen LogP contribution in [0.1, 0.15) is 25.0 Å². The molecule has 0 atom stereocenters. The maximum Gasteiger partial charge on any atom is 0.431 e. The van der Waals surface area contributed by atoms with E-state index in [2.05, 4.69) is 45.0 Å². The number of benzene rings is 2. The molecule has 0 spiro atoms. The molecule has 0 saturated heterocycles. The van der Waals surface area contributed by atoms with Crippen LogP contribution in [0.25, 0.3) is 0 Å². The first-order chi connectivity index (χ1) is 12.3. The van der Waals surface area contributed by atoms with Crippen molar-refractivity contribution in [2.45, 2.75) is 25.7 Å². The Morgan fingerprint density at radius 1 is 1.15 bits per heavy atom. The van der Waals surface area contributed by atoms with Gasteiger partial charge in [-0.2, -0.15) is 5.01 Å². The van der Waals surface area contributed by atoms with Gasteiger partial charge < -0.3 is 10.0 Å². The molecule has 0 radical (unpaired) electrons. The summed E-state index contributed by atoms with van der Waals surface area (Å²) in [5.41, 5.74) is 3.88. The molecule has 0 saturated carbocycles. The average molecular weight is 353 g/mol. The van der Waals surface area contributed by atoms with Gasteiger partial charge in [-0.25, -0.2) is 4.79 Å². The zero-order valence-electron chi connectivity index (χ0n) is 15.9. The van der Waals surface area contributed by atoms with Gasteiger partial charge in [0.05, 0.1) is 11.4 Å². The zero-order valence-corrected chi connectivity index (χ0v) is 15.9. The van der Waals surface area contributed by atoms with E-state index in [0.29, 0.717) is 12.2 Å². The van der Waals surface area contributed by atoms with Crippen LogP contribution in [0.4, 0.5) is 16.2 Å². The molecule has 26 heavy (non-hydrogen) atoms. The number of carbonyl (C=O) groups is 1. The Kier molecular flexibility index (Phi) is 4.92. The average Bonchev–Trinajstić information content (AvgIpc) is 2.98. The van der Waals surface area contributed by atoms with Crippen LogP contribution in [0.2, 0.25) is 0 Å². The van der Waals surface area contributed by atoms with Gasteiger partial charge >= 0.3 is 6.09 Å². The fraction of sp³-hybridized carbons (Fsp3) is 0.381. The minimum absolute atomic E-state index is 0.0768. The van der Waals surface area contributed by atoms with Gasteiger partial charge in [0.2, 0.25) is 0 Å². The summed E-state index contributed by atoms with van der Waals surface area (Å²) >= 11 is 0. The molecule has 0 fully saturated rings. The second-order valence-corrected chi connectivity index (χ2v) is 7.77. The third kappa shape index (κ3) is 3.53. The first-order valence-corrected chi connectivity index (χ1v) is 8.93. The molecule has 1 amide bonds. The molecule has 5 nitrogen and oxygen atoms in total. The Morgan fingerprint density at radius 3 is 2.58 bits per heavy atom. The lowest BCUT2D eigenvalue weighted by atomic mass is 9.84. The van der Waals surface area contributed by atoms with Gasteiger partial charge in [-0.1, -0.05) is 44.2 Å². The summed E-state index contributed by atoms with van der Waals surface area (Å²) in [5.74, 6) is 0. The standard InChI is InChI=1S/C21H27N3O2/c1-21(2,15-22(3)4)17-9-7-10-18(14-17)24(20(25)26)23-13-12-16-8-5-6-11-19(16)23/h5-11,14H,12-13,15H2,1-4H3,(H,25,26). The fourth-order valence-electron chi connectivity index (χ4n) is 3.82. The molecule has 0 unspecified atom stereocenters. The summed E-state index contributed by atoms with van der Waals surface area (Å²) in [6.45, 7) is 5.91. The van der Waals surface area contributed by atoms with Gasteiger partial charge in [0.25, 0.3) is 0 Å². The molecule has 5 heteroatoms. The van der Waals surface area contributed by atoms with Crippen molar-refractivity contribution in [3.05, 3.63) is 59.7 Å². The van der Waals surface area contributed by atoms with Crippen molar-refractivity contribution in [1.82, 2.24) is 4.90 Å². The number of hydrazine groups is 1. The van der Waals surface area contributed by atoms with Crippen LogP contribution in [0.5, 0.6) is 0 Å². The molecule has 1 heterocycles. The van der Waals surface area contributed by atoms with E-state index in [-0.39, 0.29) is 5.41 Å². The Morgan fingerprint density at radius 2 is 1.88 bits per heavy atom. The summed E-state index contributed by atoms with van der Waals surface area (Å²) in [7, 11) is 4.10. The fourth-order valence-corrected chi connectivity index (χ4v) is 3.82. The minimum Gasteiger partial charge on any atom is -0.463 e. The quantitative estimate of drug-likeness (QED) is 0.883. The molecule has 0 aliphatic carbocycles. The molecule has 1 aliphatic heterocycles. The van der Waals surface area contributed by atoms with E-state index in [1.54, 1.807) is 0 Å². The van der Waals surface area contributed by atoms with E-state index in [1.165, 1.54) is 10.6 Å². The molecular formula is C21H27N3O2. The number of amides is 1. The Labute approximate surface area is 155 Å². The van der Waals surface area contributed by atoms with Gasteiger partial charge in [0.1, 0.15) is 0 Å². The Hall–Kier alpha value is -2.53. The molecule has 3 rings (SSSR count). The van der Waals surface area contributed by atoms with Gasteiger partial charge in [-0.05, 0) is 49.8 Å². The van der Waals surface area contributed by atoms with Crippen molar-refractivity contribution in [3.8, 4) is 0 Å². The van der Waals surface area contributed by atoms with Crippen molar-refractivity contribution in [2.24, 2.45) is 0 Å². The second-order valence-electron chi connectivity index (χ2n) is 7.77. The summed E-state index contributed by atoms with van der Waals surface area (Å²) < 4.78 is 0. The van der Waals surface area contributed by atoms with Crippen molar-refractivity contribution in [2.75, 3.05) is 37.2 Å². The van der Waals surface area contributed by atoms with Crippen LogP contribution in [0, 0.1) is 0 Å². The van der Waals surface area contributed by atoms with Gasteiger partial charge in [0.15, 0.2) is 0 Å². The van der Waals surface area contributed by atoms with Crippen LogP contribution in [-0.4, -0.2) is 43.3 Å². The molecular weight excluding hydrogens is 326 g/mol. The lowest BCUT2D eigenvalue weighted by molar-refractivity contribution is 0.201. The number of para-hydroxylation sites is 1. The number of nitrogens with zero attached hydrogens (tertiary/aromatic N) is 3. The van der Waals surface area contributed by atoms with Crippen LogP contribution in [0.15, 0.2) is 48.5 Å². The van der Waals surface area contributed by atoms with Crippen LogP contribution >= 0.6 is 0 Å². The van der Waals surface area contributed by atoms with E-state index in [9.17, 15) is 9.90 Å². The number of anilines is 2. The number of hydrogen-bond donors (Lipinski definition) is 1. The minimum atomic E-state index is -0.968. The first kappa shape index (κ1) is 18.3. The first-order valence-electron chi connectivity index (χ1n) is 8.93. The van der Waals surface area contributed by atoms with Gasteiger partial charge in [-0.3, -0.25) is 5.01 Å². The highest BCUT2D eigenvalue weighted by molar-refractivity contribution is 5.90. The number of rotatable bonds is 5. The number of hydrogen-bond acceptors (Lipinski definition) is 3. The Balaban J connectivity index is 1.98. The molecule has 1 N–H and O–H groups in total. The maximum absolute atomic E-state index is 12.1. The predicted octanol–water partition coefficient (Wildman–Crippen LogP) is 3.99. The second kappa shape index (κ2) is 7.00. The highest BCUT2D eigenvalue weighted by Crippen LogP contribution is 2.33. The van der Waals surface area contributed by atoms with Crippen LogP contribution < -0.4 is 10.0 Å². The van der Waals surface area contributed by atoms with Crippen molar-refractivity contribution >= 4 is 17.5 Å². The smallest absolute Gasteiger partial charge is 0.431 e. The van der Waals surface area contributed by atoms with E-state index in [4.69, 9.17) is 0 Å². The normalized spacial score (nSPS) is 13.8. The van der Waals surface area contributed by atoms with E-state index >= 15 is 0 Å². The molecule has 2 aromatic carbocycles. The SMILES string of the molecule is CN(C)CC(C)(C)c1cccc(N(C(=O)O)N2CCc3ccccc32)c1.